The Morgan fingerprint density at radius 3 is 2.23 bits per heavy atom. The van der Waals surface area contributed by atoms with Gasteiger partial charge < -0.3 is 33.2 Å². The van der Waals surface area contributed by atoms with Gasteiger partial charge in [-0.1, -0.05) is 18.2 Å². The Labute approximate surface area is 276 Å². The lowest BCUT2D eigenvalue weighted by Gasteiger charge is -2.21. The van der Waals surface area contributed by atoms with E-state index in [2.05, 4.69) is 0 Å². The Bertz CT molecular complexity index is 1540. The zero-order valence-corrected chi connectivity index (χ0v) is 27.8. The van der Waals surface area contributed by atoms with Gasteiger partial charge in [-0.15, -0.1) is 0 Å². The van der Waals surface area contributed by atoms with Crippen molar-refractivity contribution in [2.75, 3.05) is 33.0 Å². The summed E-state index contributed by atoms with van der Waals surface area (Å²) in [5, 5.41) is 0. The molecule has 0 unspecified atom stereocenters. The van der Waals surface area contributed by atoms with E-state index in [0.717, 1.165) is 22.3 Å². The van der Waals surface area contributed by atoms with Crippen LogP contribution in [0.25, 0.3) is 11.1 Å². The smallest absolute Gasteiger partial charge is 0.338 e. The van der Waals surface area contributed by atoms with Crippen LogP contribution in [0.15, 0.2) is 54.6 Å². The van der Waals surface area contributed by atoms with Gasteiger partial charge in [0.2, 0.25) is 0 Å². The van der Waals surface area contributed by atoms with Gasteiger partial charge in [-0.3, -0.25) is 9.59 Å². The van der Waals surface area contributed by atoms with Crippen LogP contribution in [0, 0.1) is 0 Å². The van der Waals surface area contributed by atoms with E-state index in [1.54, 1.807) is 26.0 Å². The fourth-order valence-electron chi connectivity index (χ4n) is 4.95. The molecule has 0 fully saturated rings. The Morgan fingerprint density at radius 1 is 0.787 bits per heavy atom. The molecule has 47 heavy (non-hydrogen) atoms. The lowest BCUT2D eigenvalue weighted by Crippen LogP contribution is -2.24. The lowest BCUT2D eigenvalue weighted by atomic mass is 10.0. The zero-order chi connectivity index (χ0) is 33.8. The van der Waals surface area contributed by atoms with Gasteiger partial charge in [0.1, 0.15) is 36.9 Å². The quantitative estimate of drug-likeness (QED) is 0.0981. The molecule has 252 valence electrons. The molecule has 0 atom stereocenters. The Balaban J connectivity index is 1.60. The summed E-state index contributed by atoms with van der Waals surface area (Å²) < 4.78 is 39.7. The minimum absolute atomic E-state index is 0.135. The van der Waals surface area contributed by atoms with Gasteiger partial charge in [0.15, 0.2) is 11.5 Å². The molecule has 4 rings (SSSR count). The first-order valence-electron chi connectivity index (χ1n) is 16.0. The monoisotopic (exact) mass is 648 g/mol. The summed E-state index contributed by atoms with van der Waals surface area (Å²) in [5.74, 6) is 1.28. The molecule has 0 saturated heterocycles. The van der Waals surface area contributed by atoms with Gasteiger partial charge >= 0.3 is 17.9 Å². The highest BCUT2D eigenvalue weighted by molar-refractivity contribution is 5.92. The van der Waals surface area contributed by atoms with Crippen molar-refractivity contribution < 1.29 is 47.5 Å². The molecule has 0 aliphatic carbocycles. The molecule has 0 saturated carbocycles. The molecule has 1 aliphatic heterocycles. The molecule has 0 aromatic heterocycles. The van der Waals surface area contributed by atoms with Crippen LogP contribution in [0.2, 0.25) is 0 Å². The van der Waals surface area contributed by atoms with E-state index in [4.69, 9.17) is 33.2 Å². The summed E-state index contributed by atoms with van der Waals surface area (Å²) in [6.07, 6.45) is 1.25. The maximum Gasteiger partial charge on any atom is 0.338 e. The minimum Gasteiger partial charge on any atom is -0.493 e. The van der Waals surface area contributed by atoms with E-state index in [0.29, 0.717) is 74.4 Å². The van der Waals surface area contributed by atoms with Gasteiger partial charge in [-0.25, -0.2) is 4.79 Å². The second-order valence-corrected chi connectivity index (χ2v) is 11.9. The molecular weight excluding hydrogens is 604 g/mol. The number of carbonyl (C=O) groups excluding carboxylic acids is 3. The SMILES string of the molecule is CCOC(=O)CCCOc1cccc(COc2cc(C(=O)OC(C)(C)C)cc(-c3ccc4c(c3)OCCO4)c2)c1CCC(=O)OCC. The molecule has 10 heteroatoms. The van der Waals surface area contributed by atoms with Crippen molar-refractivity contribution in [1.29, 1.82) is 0 Å². The van der Waals surface area contributed by atoms with E-state index < -0.39 is 11.6 Å². The van der Waals surface area contributed by atoms with Gasteiger partial charge in [-0.2, -0.15) is 0 Å². The van der Waals surface area contributed by atoms with Gasteiger partial charge in [-0.05, 0) is 101 Å². The van der Waals surface area contributed by atoms with Crippen LogP contribution in [-0.2, 0) is 36.8 Å². The highest BCUT2D eigenvalue weighted by Gasteiger charge is 2.21. The summed E-state index contributed by atoms with van der Waals surface area (Å²) in [7, 11) is 0. The summed E-state index contributed by atoms with van der Waals surface area (Å²) in [6, 6.07) is 16.5. The molecule has 1 aliphatic rings. The van der Waals surface area contributed by atoms with E-state index in [1.807, 2.05) is 63.2 Å². The van der Waals surface area contributed by atoms with Crippen molar-refractivity contribution in [3.63, 3.8) is 0 Å². The average molecular weight is 649 g/mol. The maximum absolute atomic E-state index is 13.2. The van der Waals surface area contributed by atoms with Gasteiger partial charge in [0.05, 0.1) is 25.4 Å². The maximum atomic E-state index is 13.2. The summed E-state index contributed by atoms with van der Waals surface area (Å²) in [6.45, 7) is 11.0. The fourth-order valence-corrected chi connectivity index (χ4v) is 4.95. The zero-order valence-electron chi connectivity index (χ0n) is 27.8. The summed E-state index contributed by atoms with van der Waals surface area (Å²) >= 11 is 0. The normalized spacial score (nSPS) is 12.2. The molecule has 0 bridgehead atoms. The lowest BCUT2D eigenvalue weighted by molar-refractivity contribution is -0.144. The number of hydrogen-bond donors (Lipinski definition) is 0. The first-order chi connectivity index (χ1) is 22.6. The molecule has 0 N–H and O–H groups in total. The molecule has 0 spiro atoms. The van der Waals surface area contributed by atoms with Gasteiger partial charge in [0, 0.05) is 18.4 Å². The average Bonchev–Trinajstić information content (AvgIpc) is 3.04. The second kappa shape index (κ2) is 16.7. The molecule has 10 nitrogen and oxygen atoms in total. The Hall–Kier alpha value is -4.73. The van der Waals surface area contributed by atoms with Crippen LogP contribution in [0.3, 0.4) is 0 Å². The fraction of sp³-hybridized carbons (Fsp3) is 0.432. The molecule has 3 aromatic carbocycles. The van der Waals surface area contributed by atoms with Gasteiger partial charge in [0.25, 0.3) is 0 Å². The van der Waals surface area contributed by atoms with E-state index >= 15 is 0 Å². The number of esters is 3. The molecular formula is C37H44O10. The third-order valence-electron chi connectivity index (χ3n) is 7.01. The molecule has 3 aromatic rings. The number of carbonyl (C=O) groups is 3. The Morgan fingerprint density at radius 2 is 1.51 bits per heavy atom. The summed E-state index contributed by atoms with van der Waals surface area (Å²) in [5.41, 5.74) is 2.81. The van der Waals surface area contributed by atoms with Crippen molar-refractivity contribution in [3.05, 3.63) is 71.3 Å². The number of hydrogen-bond acceptors (Lipinski definition) is 10. The van der Waals surface area contributed by atoms with Crippen molar-refractivity contribution >= 4 is 17.9 Å². The van der Waals surface area contributed by atoms with E-state index in [9.17, 15) is 14.4 Å². The van der Waals surface area contributed by atoms with Crippen LogP contribution in [0.5, 0.6) is 23.0 Å². The largest absolute Gasteiger partial charge is 0.493 e. The van der Waals surface area contributed by atoms with Crippen LogP contribution in [0.4, 0.5) is 0 Å². The van der Waals surface area contributed by atoms with Crippen molar-refractivity contribution in [3.8, 4) is 34.1 Å². The number of fused-ring (bicyclic) bond motifs is 1. The Kier molecular flexibility index (Phi) is 12.5. The third-order valence-corrected chi connectivity index (χ3v) is 7.01. The highest BCUT2D eigenvalue weighted by Crippen LogP contribution is 2.36. The van der Waals surface area contributed by atoms with E-state index in [-0.39, 0.29) is 31.4 Å². The minimum atomic E-state index is -0.685. The number of rotatable bonds is 15. The van der Waals surface area contributed by atoms with Crippen LogP contribution < -0.4 is 18.9 Å². The van der Waals surface area contributed by atoms with Crippen LogP contribution >= 0.6 is 0 Å². The third kappa shape index (κ3) is 10.7. The first kappa shape index (κ1) is 35.1. The topological polar surface area (TPSA) is 116 Å². The standard InChI is InChI=1S/C37H44O10/c1-6-41-34(38)12-9-17-43-31-11-8-10-26(30(31)14-16-35(39)42-7-2)24-46-29-21-27(20-28(22-29)36(40)47-37(3,4)5)25-13-15-32-33(23-25)45-19-18-44-32/h8,10-11,13,15,20-23H,6-7,9,12,14,16-19,24H2,1-5H3. The van der Waals surface area contributed by atoms with Crippen molar-refractivity contribution in [2.45, 2.75) is 72.5 Å². The highest BCUT2D eigenvalue weighted by atomic mass is 16.6. The molecule has 0 amide bonds. The van der Waals surface area contributed by atoms with Crippen LogP contribution in [0.1, 0.15) is 75.4 Å². The number of benzene rings is 3. The predicted octanol–water partition coefficient (Wildman–Crippen LogP) is 6.88. The molecule has 1 heterocycles. The number of ether oxygens (including phenoxy) is 7. The summed E-state index contributed by atoms with van der Waals surface area (Å²) in [4.78, 5) is 37.2. The molecule has 0 radical (unpaired) electrons. The predicted molar refractivity (Wildman–Crippen MR) is 175 cm³/mol. The second-order valence-electron chi connectivity index (χ2n) is 11.9. The first-order valence-corrected chi connectivity index (χ1v) is 16.0. The van der Waals surface area contributed by atoms with Crippen molar-refractivity contribution in [2.24, 2.45) is 0 Å². The van der Waals surface area contributed by atoms with E-state index in [1.165, 1.54) is 0 Å². The van der Waals surface area contributed by atoms with Crippen LogP contribution in [-0.4, -0.2) is 56.5 Å². The van der Waals surface area contributed by atoms with Crippen molar-refractivity contribution in [1.82, 2.24) is 0 Å².